The first-order valence-electron chi connectivity index (χ1n) is 10.2. The van der Waals surface area contributed by atoms with Gasteiger partial charge in [0.05, 0.1) is 21.2 Å². The molecule has 162 valence electrons. The van der Waals surface area contributed by atoms with Crippen molar-refractivity contribution in [2.45, 2.75) is 36.0 Å². The second-order valence-electron chi connectivity index (χ2n) is 8.03. The highest BCUT2D eigenvalue weighted by atomic mass is 32.2. The van der Waals surface area contributed by atoms with Gasteiger partial charge in [-0.1, -0.05) is 54.1 Å². The molecule has 31 heavy (non-hydrogen) atoms. The summed E-state index contributed by atoms with van der Waals surface area (Å²) in [6, 6.07) is 14.6. The number of nitrogens with zero attached hydrogens (tertiary/aromatic N) is 1. The van der Waals surface area contributed by atoms with Crippen LogP contribution in [-0.4, -0.2) is 27.7 Å². The number of benzene rings is 2. The third-order valence-corrected chi connectivity index (χ3v) is 9.36. The Hall–Kier alpha value is -2.64. The van der Waals surface area contributed by atoms with Crippen LogP contribution in [-0.2, 0) is 19.9 Å². The van der Waals surface area contributed by atoms with Crippen LogP contribution >= 0.6 is 0 Å². The van der Waals surface area contributed by atoms with E-state index < -0.39 is 25.8 Å². The minimum Gasteiger partial charge on any atom is -0.268 e. The molecule has 1 fully saturated rings. The number of aryl methyl sites for hydroxylation is 1. The number of hydrogen-bond donors (Lipinski definition) is 0. The van der Waals surface area contributed by atoms with Crippen LogP contribution in [0.2, 0.25) is 0 Å². The Morgan fingerprint density at radius 2 is 1.58 bits per heavy atom. The second-order valence-corrected chi connectivity index (χ2v) is 11.9. The molecule has 0 radical (unpaired) electrons. The van der Waals surface area contributed by atoms with Crippen LogP contribution in [0.1, 0.15) is 24.8 Å². The zero-order valence-corrected chi connectivity index (χ0v) is 19.0. The Morgan fingerprint density at radius 1 is 0.935 bits per heavy atom. The zero-order chi connectivity index (χ0) is 22.2. The van der Waals surface area contributed by atoms with Crippen molar-refractivity contribution in [3.8, 4) is 0 Å². The van der Waals surface area contributed by atoms with E-state index in [1.54, 1.807) is 30.3 Å². The summed E-state index contributed by atoms with van der Waals surface area (Å²) in [5.41, 5.74) is 2.68. The van der Waals surface area contributed by atoms with E-state index in [1.165, 1.54) is 36.0 Å². The Bertz CT molecular complexity index is 1270. The molecule has 1 saturated carbocycles. The van der Waals surface area contributed by atoms with E-state index in [-0.39, 0.29) is 21.2 Å². The first-order valence-corrected chi connectivity index (χ1v) is 13.1. The summed E-state index contributed by atoms with van der Waals surface area (Å²) in [6.07, 6.45) is 6.20. The largest absolute Gasteiger partial charge is 0.268 e. The quantitative estimate of drug-likeness (QED) is 0.618. The van der Waals surface area contributed by atoms with Gasteiger partial charge in [-0.3, -0.25) is 4.31 Å². The standard InChI is InChI=1S/C24H25NO4S2/c1-18-11-13-22(14-12-18)31(28,29)25-16-19(2)23(15-20-7-6-8-20)24(17-25)30(26,27)21-9-4-3-5-10-21/h3-5,9-15,17,23H,2,6-8,16H2,1H3. The third kappa shape index (κ3) is 4.12. The monoisotopic (exact) mass is 455 g/mol. The predicted molar refractivity (Wildman–Crippen MR) is 121 cm³/mol. The minimum absolute atomic E-state index is 0.0401. The number of sulfone groups is 1. The molecule has 1 aliphatic heterocycles. The number of hydrogen-bond acceptors (Lipinski definition) is 4. The average molecular weight is 456 g/mol. The minimum atomic E-state index is -3.92. The molecule has 5 nitrogen and oxygen atoms in total. The second kappa shape index (κ2) is 8.13. The van der Waals surface area contributed by atoms with Crippen LogP contribution in [0.3, 0.4) is 0 Å². The van der Waals surface area contributed by atoms with Crippen LogP contribution in [0.4, 0.5) is 0 Å². The van der Waals surface area contributed by atoms with Crippen molar-refractivity contribution >= 4 is 19.9 Å². The van der Waals surface area contributed by atoms with E-state index in [0.717, 1.165) is 29.1 Å². The first kappa shape index (κ1) is 21.6. The van der Waals surface area contributed by atoms with Crippen molar-refractivity contribution in [2.75, 3.05) is 6.54 Å². The summed E-state index contributed by atoms with van der Waals surface area (Å²) in [5, 5.41) is 0. The van der Waals surface area contributed by atoms with E-state index >= 15 is 0 Å². The first-order chi connectivity index (χ1) is 14.7. The van der Waals surface area contributed by atoms with Crippen molar-refractivity contribution in [1.29, 1.82) is 0 Å². The van der Waals surface area contributed by atoms with Gasteiger partial charge >= 0.3 is 0 Å². The normalized spacial score (nSPS) is 19.6. The van der Waals surface area contributed by atoms with Crippen molar-refractivity contribution in [1.82, 2.24) is 4.31 Å². The van der Waals surface area contributed by atoms with Crippen molar-refractivity contribution in [3.63, 3.8) is 0 Å². The summed E-state index contributed by atoms with van der Waals surface area (Å²) in [6.45, 7) is 6.00. The molecule has 4 rings (SSSR count). The van der Waals surface area contributed by atoms with Crippen molar-refractivity contribution < 1.29 is 16.8 Å². The van der Waals surface area contributed by atoms with Gasteiger partial charge in [0.1, 0.15) is 0 Å². The molecule has 1 atom stereocenters. The lowest BCUT2D eigenvalue weighted by atomic mass is 9.86. The topological polar surface area (TPSA) is 71.5 Å². The van der Waals surface area contributed by atoms with Gasteiger partial charge in [-0.25, -0.2) is 16.8 Å². The maximum atomic E-state index is 13.5. The number of allylic oxidation sites excluding steroid dienone is 3. The van der Waals surface area contributed by atoms with Crippen LogP contribution < -0.4 is 0 Å². The Labute approximate surface area is 184 Å². The molecule has 2 aromatic rings. The van der Waals surface area contributed by atoms with Gasteiger partial charge in [0.15, 0.2) is 0 Å². The van der Waals surface area contributed by atoms with Crippen LogP contribution in [0.25, 0.3) is 0 Å². The molecule has 0 spiro atoms. The van der Waals surface area contributed by atoms with Crippen LogP contribution in [0.5, 0.6) is 0 Å². The van der Waals surface area contributed by atoms with Crippen LogP contribution in [0, 0.1) is 12.8 Å². The van der Waals surface area contributed by atoms with Gasteiger partial charge in [0, 0.05) is 12.1 Å². The molecule has 2 aliphatic rings. The van der Waals surface area contributed by atoms with Gasteiger partial charge < -0.3 is 0 Å². The molecule has 0 saturated heterocycles. The molecular formula is C24H25NO4S2. The molecule has 0 N–H and O–H groups in total. The van der Waals surface area contributed by atoms with E-state index in [0.29, 0.717) is 5.57 Å². The van der Waals surface area contributed by atoms with Gasteiger partial charge in [0.2, 0.25) is 9.84 Å². The summed E-state index contributed by atoms with van der Waals surface area (Å²) < 4.78 is 54.7. The van der Waals surface area contributed by atoms with E-state index in [2.05, 4.69) is 6.58 Å². The fourth-order valence-corrected chi connectivity index (χ4v) is 6.75. The van der Waals surface area contributed by atoms with Gasteiger partial charge in [-0.05, 0) is 56.0 Å². The van der Waals surface area contributed by atoms with E-state index in [1.807, 2.05) is 13.0 Å². The molecule has 7 heteroatoms. The molecule has 0 amide bonds. The molecule has 1 heterocycles. The van der Waals surface area contributed by atoms with Gasteiger partial charge in [-0.2, -0.15) is 0 Å². The van der Waals surface area contributed by atoms with Gasteiger partial charge in [0.25, 0.3) is 10.0 Å². The summed E-state index contributed by atoms with van der Waals surface area (Å²) in [4.78, 5) is 0.306. The molecule has 0 bridgehead atoms. The van der Waals surface area contributed by atoms with Crippen molar-refractivity contribution in [3.05, 3.63) is 95.1 Å². The Balaban J connectivity index is 1.84. The van der Waals surface area contributed by atoms with E-state index in [9.17, 15) is 16.8 Å². The van der Waals surface area contributed by atoms with Gasteiger partial charge in [-0.15, -0.1) is 0 Å². The van der Waals surface area contributed by atoms with E-state index in [4.69, 9.17) is 0 Å². The third-order valence-electron chi connectivity index (χ3n) is 5.77. The lowest BCUT2D eigenvalue weighted by Crippen LogP contribution is -2.35. The zero-order valence-electron chi connectivity index (χ0n) is 17.4. The molecule has 1 unspecified atom stereocenters. The maximum Gasteiger partial charge on any atom is 0.264 e. The lowest BCUT2D eigenvalue weighted by Gasteiger charge is -2.33. The Morgan fingerprint density at radius 3 is 2.16 bits per heavy atom. The Kier molecular flexibility index (Phi) is 5.66. The number of rotatable bonds is 5. The fourth-order valence-electron chi connectivity index (χ4n) is 3.72. The predicted octanol–water partition coefficient (Wildman–Crippen LogP) is 4.60. The maximum absolute atomic E-state index is 13.5. The molecular weight excluding hydrogens is 430 g/mol. The average Bonchev–Trinajstić information content (AvgIpc) is 2.72. The summed E-state index contributed by atoms with van der Waals surface area (Å²) >= 11 is 0. The molecule has 0 aromatic heterocycles. The highest BCUT2D eigenvalue weighted by molar-refractivity contribution is 7.95. The lowest BCUT2D eigenvalue weighted by molar-refractivity contribution is 0.495. The highest BCUT2D eigenvalue weighted by Crippen LogP contribution is 2.39. The smallest absolute Gasteiger partial charge is 0.264 e. The summed E-state index contributed by atoms with van der Waals surface area (Å²) in [5.74, 6) is -0.537. The fraction of sp³-hybridized carbons (Fsp3) is 0.250. The molecule has 1 aliphatic carbocycles. The van der Waals surface area contributed by atoms with Crippen molar-refractivity contribution in [2.24, 2.45) is 5.92 Å². The number of sulfonamides is 1. The summed E-state index contributed by atoms with van der Waals surface area (Å²) in [7, 11) is -7.83. The molecule has 2 aromatic carbocycles. The van der Waals surface area contributed by atoms with Crippen LogP contribution in [0.15, 0.2) is 99.3 Å². The highest BCUT2D eigenvalue weighted by Gasteiger charge is 2.37. The SMILES string of the molecule is C=C1CN(S(=O)(=O)c2ccc(C)cc2)C=C(S(=O)(=O)c2ccccc2)C1C=C1CCC1.